The third-order valence-electron chi connectivity index (χ3n) is 1.34. The van der Waals surface area contributed by atoms with E-state index < -0.39 is 12.1 Å². The number of methoxy groups -OCH3 is 1. The Morgan fingerprint density at radius 3 is 2.62 bits per heavy atom. The van der Waals surface area contributed by atoms with Crippen LogP contribution < -0.4 is 0 Å². The highest BCUT2D eigenvalue weighted by Crippen LogP contribution is 1.93. The second kappa shape index (κ2) is 7.97. The first-order valence-electron chi connectivity index (χ1n) is 4.13. The third-order valence-corrected chi connectivity index (χ3v) is 1.34. The number of carboxylic acid groups (broad SMARTS) is 1. The SMILES string of the molecule is CCOCCOC(COC)C(=O)O. The Labute approximate surface area is 77.6 Å². The number of hydrogen-bond donors (Lipinski definition) is 1. The van der Waals surface area contributed by atoms with E-state index in [1.165, 1.54) is 7.11 Å². The van der Waals surface area contributed by atoms with Gasteiger partial charge in [-0.15, -0.1) is 0 Å². The van der Waals surface area contributed by atoms with Crippen LogP contribution in [0.15, 0.2) is 0 Å². The lowest BCUT2D eigenvalue weighted by molar-refractivity contribution is -0.154. The second-order valence-corrected chi connectivity index (χ2v) is 2.35. The number of hydrogen-bond acceptors (Lipinski definition) is 4. The Hall–Kier alpha value is -0.650. The Kier molecular flexibility index (Phi) is 7.57. The zero-order valence-corrected chi connectivity index (χ0v) is 7.99. The van der Waals surface area contributed by atoms with Crippen LogP contribution in [0.3, 0.4) is 0 Å². The molecule has 0 radical (unpaired) electrons. The molecule has 1 unspecified atom stereocenters. The Balaban J connectivity index is 3.51. The summed E-state index contributed by atoms with van der Waals surface area (Å²) in [6.07, 6.45) is -0.898. The van der Waals surface area contributed by atoms with Crippen molar-refractivity contribution in [2.24, 2.45) is 0 Å². The molecule has 0 aliphatic rings. The highest BCUT2D eigenvalue weighted by Gasteiger charge is 2.16. The second-order valence-electron chi connectivity index (χ2n) is 2.35. The van der Waals surface area contributed by atoms with Gasteiger partial charge in [0.15, 0.2) is 6.10 Å². The number of aliphatic carboxylic acids is 1. The van der Waals surface area contributed by atoms with Gasteiger partial charge in [-0.3, -0.25) is 0 Å². The molecule has 13 heavy (non-hydrogen) atoms. The maximum atomic E-state index is 10.5. The van der Waals surface area contributed by atoms with Crippen LogP contribution in [-0.2, 0) is 19.0 Å². The van der Waals surface area contributed by atoms with Crippen molar-refractivity contribution in [2.75, 3.05) is 33.5 Å². The molecule has 5 nitrogen and oxygen atoms in total. The minimum absolute atomic E-state index is 0.0570. The molecule has 0 aliphatic heterocycles. The number of carboxylic acids is 1. The maximum Gasteiger partial charge on any atom is 0.335 e. The highest BCUT2D eigenvalue weighted by atomic mass is 16.6. The summed E-state index contributed by atoms with van der Waals surface area (Å²) in [5.74, 6) is -1.02. The quantitative estimate of drug-likeness (QED) is 0.554. The van der Waals surface area contributed by atoms with E-state index in [0.29, 0.717) is 13.2 Å². The Morgan fingerprint density at radius 2 is 2.15 bits per heavy atom. The summed E-state index contributed by atoms with van der Waals surface area (Å²) in [6.45, 7) is 3.20. The summed E-state index contributed by atoms with van der Waals surface area (Å²) < 4.78 is 14.7. The summed E-state index contributed by atoms with van der Waals surface area (Å²) in [5.41, 5.74) is 0. The van der Waals surface area contributed by atoms with Crippen LogP contribution in [-0.4, -0.2) is 50.7 Å². The van der Waals surface area contributed by atoms with E-state index in [2.05, 4.69) is 4.74 Å². The molecule has 1 N–H and O–H groups in total. The molecule has 0 aromatic rings. The molecule has 78 valence electrons. The van der Waals surface area contributed by atoms with E-state index in [1.807, 2.05) is 6.92 Å². The van der Waals surface area contributed by atoms with Crippen LogP contribution in [0.2, 0.25) is 0 Å². The third kappa shape index (κ3) is 6.51. The van der Waals surface area contributed by atoms with Gasteiger partial charge in [-0.2, -0.15) is 0 Å². The fraction of sp³-hybridized carbons (Fsp3) is 0.875. The summed E-state index contributed by atoms with van der Waals surface area (Å²) >= 11 is 0. The van der Waals surface area contributed by atoms with Crippen molar-refractivity contribution in [2.45, 2.75) is 13.0 Å². The monoisotopic (exact) mass is 192 g/mol. The van der Waals surface area contributed by atoms with Gasteiger partial charge in [0.1, 0.15) is 0 Å². The molecule has 0 aromatic carbocycles. The maximum absolute atomic E-state index is 10.5. The smallest absolute Gasteiger partial charge is 0.335 e. The molecule has 0 fully saturated rings. The number of carbonyl (C=O) groups is 1. The summed E-state index contributed by atoms with van der Waals surface area (Å²) in [6, 6.07) is 0. The van der Waals surface area contributed by atoms with Gasteiger partial charge in [0.2, 0.25) is 0 Å². The van der Waals surface area contributed by atoms with Crippen molar-refractivity contribution < 1.29 is 24.1 Å². The fourth-order valence-electron chi connectivity index (χ4n) is 0.736. The van der Waals surface area contributed by atoms with Crippen LogP contribution in [0.5, 0.6) is 0 Å². The van der Waals surface area contributed by atoms with E-state index in [4.69, 9.17) is 14.6 Å². The van der Waals surface area contributed by atoms with E-state index in [9.17, 15) is 4.79 Å². The minimum atomic E-state index is -1.02. The summed E-state index contributed by atoms with van der Waals surface area (Å²) in [4.78, 5) is 10.5. The molecule has 0 heterocycles. The number of rotatable bonds is 8. The molecular formula is C8H16O5. The predicted molar refractivity (Wildman–Crippen MR) is 45.7 cm³/mol. The molecular weight excluding hydrogens is 176 g/mol. The van der Waals surface area contributed by atoms with Crippen molar-refractivity contribution in [3.05, 3.63) is 0 Å². The molecule has 0 aliphatic carbocycles. The largest absolute Gasteiger partial charge is 0.479 e. The average Bonchev–Trinajstić information content (AvgIpc) is 2.10. The molecule has 0 spiro atoms. The van der Waals surface area contributed by atoms with Crippen LogP contribution in [0.1, 0.15) is 6.92 Å². The molecule has 5 heteroatoms. The lowest BCUT2D eigenvalue weighted by Crippen LogP contribution is -2.30. The lowest BCUT2D eigenvalue weighted by Gasteiger charge is -2.12. The average molecular weight is 192 g/mol. The van der Waals surface area contributed by atoms with Gasteiger partial charge in [-0.25, -0.2) is 4.79 Å². The summed E-state index contributed by atoms with van der Waals surface area (Å²) in [5, 5.41) is 8.62. The molecule has 0 rings (SSSR count). The van der Waals surface area contributed by atoms with Gasteiger partial charge in [0.05, 0.1) is 19.8 Å². The van der Waals surface area contributed by atoms with Gasteiger partial charge >= 0.3 is 5.97 Å². The van der Waals surface area contributed by atoms with Gasteiger partial charge in [0.25, 0.3) is 0 Å². The zero-order valence-electron chi connectivity index (χ0n) is 7.99. The van der Waals surface area contributed by atoms with E-state index in [1.54, 1.807) is 0 Å². The van der Waals surface area contributed by atoms with Crippen LogP contribution in [0.25, 0.3) is 0 Å². The van der Waals surface area contributed by atoms with Crippen LogP contribution in [0.4, 0.5) is 0 Å². The molecule has 0 bridgehead atoms. The summed E-state index contributed by atoms with van der Waals surface area (Å²) in [7, 11) is 1.43. The van der Waals surface area contributed by atoms with E-state index >= 15 is 0 Å². The van der Waals surface area contributed by atoms with Crippen molar-refractivity contribution >= 4 is 5.97 Å². The zero-order chi connectivity index (χ0) is 10.1. The topological polar surface area (TPSA) is 65.0 Å². The van der Waals surface area contributed by atoms with Crippen molar-refractivity contribution in [1.82, 2.24) is 0 Å². The van der Waals surface area contributed by atoms with Gasteiger partial charge in [-0.05, 0) is 6.92 Å². The van der Waals surface area contributed by atoms with Crippen LogP contribution >= 0.6 is 0 Å². The number of ether oxygens (including phenoxy) is 3. The van der Waals surface area contributed by atoms with E-state index in [-0.39, 0.29) is 13.2 Å². The van der Waals surface area contributed by atoms with Gasteiger partial charge in [-0.1, -0.05) is 0 Å². The van der Waals surface area contributed by atoms with E-state index in [0.717, 1.165) is 0 Å². The first-order valence-corrected chi connectivity index (χ1v) is 4.13. The predicted octanol–water partition coefficient (Wildman–Crippen LogP) is 0.139. The van der Waals surface area contributed by atoms with Crippen LogP contribution in [0, 0.1) is 0 Å². The van der Waals surface area contributed by atoms with Gasteiger partial charge < -0.3 is 19.3 Å². The minimum Gasteiger partial charge on any atom is -0.479 e. The first kappa shape index (κ1) is 12.3. The Morgan fingerprint density at radius 1 is 1.46 bits per heavy atom. The lowest BCUT2D eigenvalue weighted by atomic mass is 10.4. The molecule has 0 saturated heterocycles. The standard InChI is InChI=1S/C8H16O5/c1-3-12-4-5-13-7(6-11-2)8(9)10/h7H,3-6H2,1-2H3,(H,9,10). The first-order chi connectivity index (χ1) is 6.22. The molecule has 1 atom stereocenters. The van der Waals surface area contributed by atoms with Crippen molar-refractivity contribution in [1.29, 1.82) is 0 Å². The normalized spacial score (nSPS) is 12.8. The molecule has 0 saturated carbocycles. The van der Waals surface area contributed by atoms with Gasteiger partial charge in [0, 0.05) is 13.7 Å². The molecule has 0 amide bonds. The molecule has 0 aromatic heterocycles. The highest BCUT2D eigenvalue weighted by molar-refractivity contribution is 5.72. The Bertz CT molecular complexity index is 136. The van der Waals surface area contributed by atoms with Crippen molar-refractivity contribution in [3.8, 4) is 0 Å². The van der Waals surface area contributed by atoms with Crippen molar-refractivity contribution in [3.63, 3.8) is 0 Å². The fourth-order valence-corrected chi connectivity index (χ4v) is 0.736.